The van der Waals surface area contributed by atoms with Gasteiger partial charge in [0.05, 0.1) is 23.4 Å². The molecule has 172 valence electrons. The van der Waals surface area contributed by atoms with Crippen molar-refractivity contribution >= 4 is 46.7 Å². The fourth-order valence-electron chi connectivity index (χ4n) is 5.78. The van der Waals surface area contributed by atoms with Gasteiger partial charge in [-0.1, -0.05) is 29.8 Å². The van der Waals surface area contributed by atoms with Gasteiger partial charge in [0.15, 0.2) is 0 Å². The number of imide groups is 1. The van der Waals surface area contributed by atoms with Gasteiger partial charge in [-0.15, -0.1) is 0 Å². The highest BCUT2D eigenvalue weighted by atomic mass is 35.5. The Hall–Kier alpha value is -3.45. The SMILES string of the molecule is O=C(Oc1cccc(N2C(=O)[C@@H]3[C@@H](C2=O)[C@H]2C=C[C@@H]3C2)c1)[C@@H]1CC(=O)N(c2ccc(Cl)cc2)C1. The number of fused-ring (bicyclic) bond motifs is 5. The van der Waals surface area contributed by atoms with Gasteiger partial charge in [0, 0.05) is 29.7 Å². The van der Waals surface area contributed by atoms with Crippen molar-refractivity contribution in [1.82, 2.24) is 0 Å². The second kappa shape index (κ2) is 7.81. The molecule has 0 N–H and O–H groups in total. The van der Waals surface area contributed by atoms with Crippen molar-refractivity contribution in [2.75, 3.05) is 16.3 Å². The second-order valence-electron chi connectivity index (χ2n) is 9.31. The van der Waals surface area contributed by atoms with Gasteiger partial charge in [-0.3, -0.25) is 19.2 Å². The first-order valence-electron chi connectivity index (χ1n) is 11.3. The van der Waals surface area contributed by atoms with Crippen molar-refractivity contribution in [1.29, 1.82) is 0 Å². The molecular formula is C26H21ClN2O5. The van der Waals surface area contributed by atoms with Gasteiger partial charge in [0.25, 0.3) is 0 Å². The van der Waals surface area contributed by atoms with E-state index in [-0.39, 0.29) is 60.1 Å². The monoisotopic (exact) mass is 476 g/mol. The van der Waals surface area contributed by atoms with E-state index in [0.29, 0.717) is 16.4 Å². The van der Waals surface area contributed by atoms with Crippen molar-refractivity contribution < 1.29 is 23.9 Å². The van der Waals surface area contributed by atoms with E-state index in [2.05, 4.69) is 12.2 Å². The summed E-state index contributed by atoms with van der Waals surface area (Å²) in [6.07, 6.45) is 5.01. The smallest absolute Gasteiger partial charge is 0.316 e. The number of carbonyl (C=O) groups is 4. The van der Waals surface area contributed by atoms with E-state index in [1.54, 1.807) is 47.4 Å². The zero-order chi connectivity index (χ0) is 23.6. The Balaban J connectivity index is 1.16. The van der Waals surface area contributed by atoms with Crippen LogP contribution >= 0.6 is 11.6 Å². The van der Waals surface area contributed by atoms with Gasteiger partial charge >= 0.3 is 5.97 Å². The first-order valence-corrected chi connectivity index (χ1v) is 11.7. The number of ether oxygens (including phenoxy) is 1. The molecule has 2 heterocycles. The van der Waals surface area contributed by atoms with Crippen molar-refractivity contribution in [3.63, 3.8) is 0 Å². The van der Waals surface area contributed by atoms with E-state index >= 15 is 0 Å². The van der Waals surface area contributed by atoms with Gasteiger partial charge in [0.2, 0.25) is 17.7 Å². The summed E-state index contributed by atoms with van der Waals surface area (Å²) in [5.74, 6) is -1.79. The van der Waals surface area contributed by atoms with Crippen LogP contribution < -0.4 is 14.5 Å². The summed E-state index contributed by atoms with van der Waals surface area (Å²) >= 11 is 5.92. The predicted molar refractivity (Wildman–Crippen MR) is 124 cm³/mol. The van der Waals surface area contributed by atoms with Crippen LogP contribution in [0.5, 0.6) is 5.75 Å². The van der Waals surface area contributed by atoms with Crippen molar-refractivity contribution in [3.05, 3.63) is 65.7 Å². The molecule has 3 amide bonds. The van der Waals surface area contributed by atoms with Gasteiger partial charge in [0.1, 0.15) is 5.75 Å². The zero-order valence-corrected chi connectivity index (χ0v) is 18.9. The normalized spacial score (nSPS) is 29.3. The number of allylic oxidation sites excluding steroid dienone is 2. The Kier molecular flexibility index (Phi) is 4.85. The lowest BCUT2D eigenvalue weighted by molar-refractivity contribution is -0.139. The summed E-state index contributed by atoms with van der Waals surface area (Å²) in [4.78, 5) is 54.2. The standard InChI is InChI=1S/C26H21ClN2O5/c27-17-6-8-18(9-7-17)28-13-16(11-21(28)30)26(33)34-20-3-1-2-19(12-20)29-24(31)22-14-4-5-15(10-14)23(22)25(29)32/h1-9,12,14-16,22-23H,10-11,13H2/t14-,15+,16-,22+,23+/m1/s1. The molecule has 0 spiro atoms. The minimum Gasteiger partial charge on any atom is -0.426 e. The molecule has 8 heteroatoms. The number of carbonyl (C=O) groups excluding carboxylic acids is 4. The summed E-state index contributed by atoms with van der Waals surface area (Å²) < 4.78 is 5.57. The van der Waals surface area contributed by atoms with Crippen LogP contribution in [0, 0.1) is 29.6 Å². The van der Waals surface area contributed by atoms with Crippen LogP contribution in [0.3, 0.4) is 0 Å². The van der Waals surface area contributed by atoms with E-state index in [9.17, 15) is 19.2 Å². The fourth-order valence-corrected chi connectivity index (χ4v) is 5.90. The summed E-state index contributed by atoms with van der Waals surface area (Å²) in [5.41, 5.74) is 1.08. The molecule has 2 aromatic rings. The Morgan fingerprint density at radius 3 is 2.26 bits per heavy atom. The maximum Gasteiger partial charge on any atom is 0.316 e. The van der Waals surface area contributed by atoms with E-state index in [1.807, 2.05) is 0 Å². The van der Waals surface area contributed by atoms with Crippen molar-refractivity contribution in [2.24, 2.45) is 29.6 Å². The number of nitrogens with zero attached hydrogens (tertiary/aromatic N) is 2. The van der Waals surface area contributed by atoms with E-state index < -0.39 is 11.9 Å². The first kappa shape index (κ1) is 21.1. The predicted octanol–water partition coefficient (Wildman–Crippen LogP) is 3.61. The van der Waals surface area contributed by atoms with E-state index in [4.69, 9.17) is 16.3 Å². The van der Waals surface area contributed by atoms with Crippen LogP contribution in [0.25, 0.3) is 0 Å². The third kappa shape index (κ3) is 3.26. The highest BCUT2D eigenvalue weighted by Crippen LogP contribution is 2.53. The molecule has 6 rings (SSSR count). The molecule has 2 bridgehead atoms. The lowest BCUT2D eigenvalue weighted by Gasteiger charge is -2.18. The molecule has 4 aliphatic rings. The van der Waals surface area contributed by atoms with Crippen LogP contribution in [0.2, 0.25) is 5.02 Å². The number of anilines is 2. The molecule has 7 nitrogen and oxygen atoms in total. The van der Waals surface area contributed by atoms with Crippen molar-refractivity contribution in [3.8, 4) is 5.75 Å². The minimum absolute atomic E-state index is 0.0450. The van der Waals surface area contributed by atoms with Gasteiger partial charge in [-0.05, 0) is 54.7 Å². The highest BCUT2D eigenvalue weighted by Gasteiger charge is 2.59. The molecule has 34 heavy (non-hydrogen) atoms. The zero-order valence-electron chi connectivity index (χ0n) is 18.1. The quantitative estimate of drug-likeness (QED) is 0.291. The first-order chi connectivity index (χ1) is 16.4. The number of benzene rings is 2. The third-order valence-corrected chi connectivity index (χ3v) is 7.61. The largest absolute Gasteiger partial charge is 0.426 e. The molecular weight excluding hydrogens is 456 g/mol. The lowest BCUT2D eigenvalue weighted by atomic mass is 9.85. The van der Waals surface area contributed by atoms with Crippen LogP contribution in [0.1, 0.15) is 12.8 Å². The number of amides is 3. The number of hydrogen-bond donors (Lipinski definition) is 0. The summed E-state index contributed by atoms with van der Waals surface area (Å²) in [6.45, 7) is 0.210. The molecule has 5 atom stereocenters. The molecule has 2 aliphatic carbocycles. The molecule has 0 unspecified atom stereocenters. The number of halogens is 1. The van der Waals surface area contributed by atoms with E-state index in [0.717, 1.165) is 6.42 Å². The average Bonchev–Trinajstić information content (AvgIpc) is 3.58. The molecule has 0 radical (unpaired) electrons. The summed E-state index contributed by atoms with van der Waals surface area (Å²) in [6, 6.07) is 13.3. The van der Waals surface area contributed by atoms with Gasteiger partial charge < -0.3 is 9.64 Å². The van der Waals surface area contributed by atoms with Crippen molar-refractivity contribution in [2.45, 2.75) is 12.8 Å². The Morgan fingerprint density at radius 2 is 1.59 bits per heavy atom. The minimum atomic E-state index is -0.622. The molecule has 3 fully saturated rings. The molecule has 2 aliphatic heterocycles. The fraction of sp³-hybridized carbons (Fsp3) is 0.308. The highest BCUT2D eigenvalue weighted by molar-refractivity contribution is 6.30. The Labute approximate surface area is 200 Å². The summed E-state index contributed by atoms with van der Waals surface area (Å²) in [5, 5.41) is 0.564. The second-order valence-corrected chi connectivity index (χ2v) is 9.75. The van der Waals surface area contributed by atoms with Crippen LogP contribution in [0.15, 0.2) is 60.7 Å². The van der Waals surface area contributed by atoms with Gasteiger partial charge in [-0.2, -0.15) is 0 Å². The Morgan fingerprint density at radius 1 is 0.912 bits per heavy atom. The number of hydrogen-bond acceptors (Lipinski definition) is 5. The molecule has 0 aromatic heterocycles. The summed E-state index contributed by atoms with van der Waals surface area (Å²) in [7, 11) is 0. The third-order valence-electron chi connectivity index (χ3n) is 7.36. The lowest BCUT2D eigenvalue weighted by Crippen LogP contribution is -2.32. The maximum absolute atomic E-state index is 13.1. The molecule has 2 saturated heterocycles. The molecule has 2 aromatic carbocycles. The Bertz CT molecular complexity index is 1230. The maximum atomic E-state index is 13.1. The van der Waals surface area contributed by atoms with Crippen LogP contribution in [0.4, 0.5) is 11.4 Å². The topological polar surface area (TPSA) is 84.0 Å². The number of rotatable bonds is 4. The van der Waals surface area contributed by atoms with Crippen LogP contribution in [-0.4, -0.2) is 30.2 Å². The van der Waals surface area contributed by atoms with Gasteiger partial charge in [-0.25, -0.2) is 4.90 Å². The molecule has 1 saturated carbocycles. The average molecular weight is 477 g/mol. The van der Waals surface area contributed by atoms with E-state index in [1.165, 1.54) is 11.0 Å². The van der Waals surface area contributed by atoms with Crippen LogP contribution in [-0.2, 0) is 19.2 Å². The number of esters is 1.